The van der Waals surface area contributed by atoms with Crippen molar-refractivity contribution in [2.24, 2.45) is 10.9 Å². The molecule has 1 aromatic rings. The van der Waals surface area contributed by atoms with Crippen LogP contribution in [0.2, 0.25) is 0 Å². The normalized spacial score (nSPS) is 12.3. The largest absolute Gasteiger partial charge is 0.409 e. The summed E-state index contributed by atoms with van der Waals surface area (Å²) in [6.45, 7) is 5.34. The van der Waals surface area contributed by atoms with E-state index in [0.717, 1.165) is 12.0 Å². The summed E-state index contributed by atoms with van der Waals surface area (Å²) in [5, 5.41) is 14.3. The first-order chi connectivity index (χ1) is 8.42. The van der Waals surface area contributed by atoms with Crippen molar-refractivity contribution in [2.75, 3.05) is 0 Å². The van der Waals surface area contributed by atoms with E-state index in [1.165, 1.54) is 0 Å². The van der Waals surface area contributed by atoms with Crippen LogP contribution in [0.4, 0.5) is 0 Å². The molecule has 0 radical (unpaired) electrons. The number of amidine groups is 1. The lowest BCUT2D eigenvalue weighted by Gasteiger charge is -2.25. The maximum atomic E-state index is 12.2. The van der Waals surface area contributed by atoms with Crippen LogP contribution in [0.1, 0.15) is 36.7 Å². The Balaban J connectivity index is 2.96. The number of amides is 1. The van der Waals surface area contributed by atoms with Crippen molar-refractivity contribution in [1.82, 2.24) is 5.32 Å². The Morgan fingerprint density at radius 3 is 2.61 bits per heavy atom. The zero-order valence-electron chi connectivity index (χ0n) is 10.9. The Morgan fingerprint density at radius 2 is 2.06 bits per heavy atom. The lowest BCUT2D eigenvalue weighted by atomic mass is 10.0. The van der Waals surface area contributed by atoms with Gasteiger partial charge in [0.1, 0.15) is 0 Å². The zero-order valence-corrected chi connectivity index (χ0v) is 10.9. The molecule has 0 fully saturated rings. The van der Waals surface area contributed by atoms with Gasteiger partial charge >= 0.3 is 0 Å². The van der Waals surface area contributed by atoms with Crippen molar-refractivity contribution < 1.29 is 10.0 Å². The average molecular weight is 249 g/mol. The van der Waals surface area contributed by atoms with E-state index < -0.39 is 5.54 Å². The summed E-state index contributed by atoms with van der Waals surface area (Å²) < 4.78 is 0. The summed E-state index contributed by atoms with van der Waals surface area (Å²) in [5.41, 5.74) is 6.21. The number of oxime groups is 1. The fourth-order valence-electron chi connectivity index (χ4n) is 1.59. The Hall–Kier alpha value is -2.04. The van der Waals surface area contributed by atoms with Crippen molar-refractivity contribution in [3.05, 3.63) is 35.4 Å². The second kappa shape index (κ2) is 5.53. The molecule has 0 heterocycles. The van der Waals surface area contributed by atoms with E-state index in [0.29, 0.717) is 5.56 Å². The SMILES string of the molecule is CCc1ccccc1C(=O)NC(C)(C)/C(N)=N/O. The molecular formula is C13H19N3O2. The summed E-state index contributed by atoms with van der Waals surface area (Å²) in [4.78, 5) is 12.2. The van der Waals surface area contributed by atoms with Crippen LogP contribution in [-0.2, 0) is 6.42 Å². The van der Waals surface area contributed by atoms with Gasteiger partial charge in [-0.1, -0.05) is 30.3 Å². The van der Waals surface area contributed by atoms with Crippen molar-refractivity contribution in [3.63, 3.8) is 0 Å². The molecule has 0 aromatic heterocycles. The van der Waals surface area contributed by atoms with Crippen LogP contribution in [0, 0.1) is 0 Å². The van der Waals surface area contributed by atoms with E-state index in [-0.39, 0.29) is 11.7 Å². The number of nitrogens with zero attached hydrogens (tertiary/aromatic N) is 1. The van der Waals surface area contributed by atoms with Crippen LogP contribution in [-0.4, -0.2) is 22.5 Å². The maximum absolute atomic E-state index is 12.2. The molecule has 0 bridgehead atoms. The molecule has 5 heteroatoms. The molecule has 0 spiro atoms. The van der Waals surface area contributed by atoms with Gasteiger partial charge in [-0.15, -0.1) is 0 Å². The van der Waals surface area contributed by atoms with Crippen molar-refractivity contribution >= 4 is 11.7 Å². The quantitative estimate of drug-likeness (QED) is 0.327. The number of hydrogen-bond acceptors (Lipinski definition) is 3. The van der Waals surface area contributed by atoms with Crippen molar-refractivity contribution in [1.29, 1.82) is 0 Å². The van der Waals surface area contributed by atoms with E-state index >= 15 is 0 Å². The number of hydrogen-bond donors (Lipinski definition) is 3. The molecule has 18 heavy (non-hydrogen) atoms. The van der Waals surface area contributed by atoms with Crippen LogP contribution in [0.25, 0.3) is 0 Å². The zero-order chi connectivity index (χ0) is 13.8. The maximum Gasteiger partial charge on any atom is 0.252 e. The van der Waals surface area contributed by atoms with Gasteiger partial charge in [0, 0.05) is 5.56 Å². The van der Waals surface area contributed by atoms with E-state index in [4.69, 9.17) is 10.9 Å². The Bertz CT molecular complexity index is 467. The van der Waals surface area contributed by atoms with E-state index in [1.807, 2.05) is 25.1 Å². The van der Waals surface area contributed by atoms with Gasteiger partial charge in [0.05, 0.1) is 5.54 Å². The third kappa shape index (κ3) is 3.00. The van der Waals surface area contributed by atoms with Gasteiger partial charge in [-0.3, -0.25) is 4.79 Å². The minimum atomic E-state index is -0.896. The Kier molecular flexibility index (Phi) is 4.31. The summed E-state index contributed by atoms with van der Waals surface area (Å²) >= 11 is 0. The van der Waals surface area contributed by atoms with Crippen LogP contribution < -0.4 is 11.1 Å². The highest BCUT2D eigenvalue weighted by Crippen LogP contribution is 2.11. The van der Waals surface area contributed by atoms with Crippen molar-refractivity contribution in [2.45, 2.75) is 32.7 Å². The van der Waals surface area contributed by atoms with Gasteiger partial charge in [0.15, 0.2) is 5.84 Å². The van der Waals surface area contributed by atoms with Gasteiger partial charge in [-0.2, -0.15) is 0 Å². The lowest BCUT2D eigenvalue weighted by molar-refractivity contribution is 0.0930. The van der Waals surface area contributed by atoms with E-state index in [9.17, 15) is 4.79 Å². The fourth-order valence-corrected chi connectivity index (χ4v) is 1.59. The molecule has 1 aromatic carbocycles. The second-order valence-corrected chi connectivity index (χ2v) is 4.58. The van der Waals surface area contributed by atoms with Crippen molar-refractivity contribution in [3.8, 4) is 0 Å². The first kappa shape index (κ1) is 14.0. The number of rotatable bonds is 4. The fraction of sp³-hybridized carbons (Fsp3) is 0.385. The summed E-state index contributed by atoms with van der Waals surface area (Å²) in [6.07, 6.45) is 0.771. The molecule has 5 nitrogen and oxygen atoms in total. The first-order valence-electron chi connectivity index (χ1n) is 5.80. The van der Waals surface area contributed by atoms with Gasteiger partial charge in [-0.25, -0.2) is 0 Å². The van der Waals surface area contributed by atoms with Crippen LogP contribution >= 0.6 is 0 Å². The highest BCUT2D eigenvalue weighted by atomic mass is 16.4. The topological polar surface area (TPSA) is 87.7 Å². The van der Waals surface area contributed by atoms with Gasteiger partial charge in [-0.05, 0) is 31.9 Å². The number of benzene rings is 1. The molecule has 0 aliphatic carbocycles. The highest BCUT2D eigenvalue weighted by molar-refractivity contribution is 6.00. The van der Waals surface area contributed by atoms with E-state index in [2.05, 4.69) is 10.5 Å². The highest BCUT2D eigenvalue weighted by Gasteiger charge is 2.26. The summed E-state index contributed by atoms with van der Waals surface area (Å²) in [7, 11) is 0. The molecule has 4 N–H and O–H groups in total. The summed E-state index contributed by atoms with van der Waals surface area (Å²) in [6, 6.07) is 7.37. The predicted octanol–water partition coefficient (Wildman–Crippen LogP) is 1.50. The molecule has 0 atom stereocenters. The molecule has 0 aliphatic rings. The lowest BCUT2D eigenvalue weighted by Crippen LogP contribution is -2.53. The molecule has 0 unspecified atom stereocenters. The molecule has 0 saturated heterocycles. The minimum Gasteiger partial charge on any atom is -0.409 e. The summed E-state index contributed by atoms with van der Waals surface area (Å²) in [5.74, 6) is -0.270. The predicted molar refractivity (Wildman–Crippen MR) is 70.8 cm³/mol. The van der Waals surface area contributed by atoms with Crippen LogP contribution in [0.15, 0.2) is 29.4 Å². The smallest absolute Gasteiger partial charge is 0.252 e. The number of nitrogens with two attached hydrogens (primary N) is 1. The Labute approximate surface area is 107 Å². The number of carbonyl (C=O) groups excluding carboxylic acids is 1. The monoisotopic (exact) mass is 249 g/mol. The molecule has 1 rings (SSSR count). The first-order valence-corrected chi connectivity index (χ1v) is 5.80. The molecule has 98 valence electrons. The Morgan fingerprint density at radius 1 is 1.44 bits per heavy atom. The third-order valence-electron chi connectivity index (χ3n) is 2.82. The van der Waals surface area contributed by atoms with Crippen LogP contribution in [0.3, 0.4) is 0 Å². The number of carbonyl (C=O) groups is 1. The standard InChI is InChI=1S/C13H19N3O2/c1-4-9-7-5-6-8-10(9)11(17)15-13(2,3)12(14)16-18/h5-8,18H,4H2,1-3H3,(H2,14,16)(H,15,17). The molecular weight excluding hydrogens is 230 g/mol. The third-order valence-corrected chi connectivity index (χ3v) is 2.82. The van der Waals surface area contributed by atoms with Gasteiger partial charge in [0.25, 0.3) is 5.91 Å². The number of nitrogens with one attached hydrogen (secondary N) is 1. The molecule has 0 aliphatic heterocycles. The average Bonchev–Trinajstić information content (AvgIpc) is 2.36. The van der Waals surface area contributed by atoms with Gasteiger partial charge in [0.2, 0.25) is 0 Å². The molecule has 1 amide bonds. The van der Waals surface area contributed by atoms with E-state index in [1.54, 1.807) is 19.9 Å². The van der Waals surface area contributed by atoms with Crippen LogP contribution in [0.5, 0.6) is 0 Å². The van der Waals surface area contributed by atoms with Gasteiger partial charge < -0.3 is 16.3 Å². The molecule has 0 saturated carbocycles. The second-order valence-electron chi connectivity index (χ2n) is 4.58. The minimum absolute atomic E-state index is 0.0372. The number of aryl methyl sites for hydroxylation is 1.